The highest BCUT2D eigenvalue weighted by atomic mass is 127. The maximum atomic E-state index is 12.6. The first-order valence-corrected chi connectivity index (χ1v) is 9.92. The van der Waals surface area contributed by atoms with E-state index in [9.17, 15) is 14.4 Å². The van der Waals surface area contributed by atoms with Gasteiger partial charge in [0.1, 0.15) is 0 Å². The molecule has 1 amide bonds. The molecule has 7 nitrogen and oxygen atoms in total. The third-order valence-corrected chi connectivity index (χ3v) is 4.75. The number of aromatic nitrogens is 2. The Morgan fingerprint density at radius 2 is 1.76 bits per heavy atom. The van der Waals surface area contributed by atoms with Crippen molar-refractivity contribution in [2.24, 2.45) is 0 Å². The second-order valence-corrected chi connectivity index (χ2v) is 7.42. The number of carbonyl (C=O) groups is 2. The Morgan fingerprint density at radius 3 is 2.38 bits per heavy atom. The summed E-state index contributed by atoms with van der Waals surface area (Å²) in [6, 6.07) is 15.2. The SMILES string of the molecule is CCOC(=O)c1nn(-c2ccc(C)cc2)c(=O)cc1NC(=O)c1ccc(I)cc1. The summed E-state index contributed by atoms with van der Waals surface area (Å²) < 4.78 is 7.14. The summed E-state index contributed by atoms with van der Waals surface area (Å²) in [6.07, 6.45) is 0. The lowest BCUT2D eigenvalue weighted by Gasteiger charge is -2.12. The van der Waals surface area contributed by atoms with Crippen LogP contribution in [0.1, 0.15) is 33.3 Å². The van der Waals surface area contributed by atoms with Crippen molar-refractivity contribution in [3.8, 4) is 5.69 Å². The van der Waals surface area contributed by atoms with Crippen molar-refractivity contribution in [3.05, 3.63) is 85.3 Å². The van der Waals surface area contributed by atoms with E-state index < -0.39 is 17.4 Å². The molecule has 0 spiro atoms. The highest BCUT2D eigenvalue weighted by Crippen LogP contribution is 2.16. The van der Waals surface area contributed by atoms with E-state index >= 15 is 0 Å². The predicted octanol–water partition coefficient (Wildman–Crippen LogP) is 3.57. The second kappa shape index (κ2) is 8.99. The monoisotopic (exact) mass is 503 g/mol. The molecule has 0 unspecified atom stereocenters. The van der Waals surface area contributed by atoms with Crippen molar-refractivity contribution < 1.29 is 14.3 Å². The van der Waals surface area contributed by atoms with E-state index in [2.05, 4.69) is 33.0 Å². The van der Waals surface area contributed by atoms with E-state index in [1.54, 1.807) is 43.3 Å². The lowest BCUT2D eigenvalue weighted by molar-refractivity contribution is 0.0518. The van der Waals surface area contributed by atoms with Gasteiger partial charge < -0.3 is 10.1 Å². The van der Waals surface area contributed by atoms with Crippen LogP contribution in [0, 0.1) is 10.5 Å². The standard InChI is InChI=1S/C21H18IN3O4/c1-3-29-21(28)19-17(23-20(27)14-6-8-15(22)9-7-14)12-18(26)25(24-19)16-10-4-13(2)5-11-16/h4-12H,3H2,1-2H3,(H,23,27). The number of hydrogen-bond acceptors (Lipinski definition) is 5. The molecule has 0 radical (unpaired) electrons. The molecular formula is C21H18IN3O4. The molecule has 0 bridgehead atoms. The molecule has 2 aromatic carbocycles. The molecule has 148 valence electrons. The van der Waals surface area contributed by atoms with E-state index in [-0.39, 0.29) is 18.0 Å². The molecule has 1 heterocycles. The minimum atomic E-state index is -0.730. The van der Waals surface area contributed by atoms with Crippen molar-refractivity contribution in [3.63, 3.8) is 0 Å². The Labute approximate surface area is 180 Å². The normalized spacial score (nSPS) is 10.4. The Kier molecular flexibility index (Phi) is 6.42. The molecule has 0 saturated heterocycles. The molecule has 0 aliphatic rings. The fourth-order valence-corrected chi connectivity index (χ4v) is 2.93. The van der Waals surface area contributed by atoms with Gasteiger partial charge in [0.15, 0.2) is 5.69 Å². The number of ether oxygens (including phenoxy) is 1. The summed E-state index contributed by atoms with van der Waals surface area (Å²) in [5.41, 5.74) is 1.28. The number of nitrogens with one attached hydrogen (secondary N) is 1. The molecule has 0 fully saturated rings. The molecule has 0 aliphatic heterocycles. The summed E-state index contributed by atoms with van der Waals surface area (Å²) in [5.74, 6) is -1.19. The van der Waals surface area contributed by atoms with Gasteiger partial charge in [-0.15, -0.1) is 0 Å². The summed E-state index contributed by atoms with van der Waals surface area (Å²) in [7, 11) is 0. The van der Waals surface area contributed by atoms with E-state index in [4.69, 9.17) is 4.74 Å². The number of anilines is 1. The molecule has 8 heteroatoms. The summed E-state index contributed by atoms with van der Waals surface area (Å²) >= 11 is 2.14. The van der Waals surface area contributed by atoms with Crippen LogP contribution in [0.3, 0.4) is 0 Å². The van der Waals surface area contributed by atoms with Gasteiger partial charge >= 0.3 is 5.97 Å². The zero-order chi connectivity index (χ0) is 21.0. The predicted molar refractivity (Wildman–Crippen MR) is 118 cm³/mol. The number of benzene rings is 2. The van der Waals surface area contributed by atoms with E-state index in [0.29, 0.717) is 11.3 Å². The third-order valence-electron chi connectivity index (χ3n) is 4.03. The Balaban J connectivity index is 2.03. The van der Waals surface area contributed by atoms with Crippen LogP contribution in [0.25, 0.3) is 5.69 Å². The van der Waals surface area contributed by atoms with Gasteiger partial charge in [-0.2, -0.15) is 9.78 Å². The van der Waals surface area contributed by atoms with Crippen molar-refractivity contribution in [2.75, 3.05) is 11.9 Å². The fourth-order valence-electron chi connectivity index (χ4n) is 2.57. The van der Waals surface area contributed by atoms with Crippen LogP contribution in [0.5, 0.6) is 0 Å². The molecule has 3 aromatic rings. The quantitative estimate of drug-likeness (QED) is 0.425. The van der Waals surface area contributed by atoms with E-state index in [1.165, 1.54) is 6.07 Å². The number of esters is 1. The van der Waals surface area contributed by atoms with Gasteiger partial charge in [0, 0.05) is 15.2 Å². The molecule has 0 atom stereocenters. The van der Waals surface area contributed by atoms with E-state index in [1.807, 2.05) is 19.1 Å². The molecule has 0 saturated carbocycles. The average Bonchev–Trinajstić information content (AvgIpc) is 2.69. The minimum absolute atomic E-state index is 0.000335. The maximum Gasteiger partial charge on any atom is 0.360 e. The fraction of sp³-hybridized carbons (Fsp3) is 0.143. The third kappa shape index (κ3) is 4.89. The van der Waals surface area contributed by atoms with Gasteiger partial charge in [-0.3, -0.25) is 9.59 Å². The van der Waals surface area contributed by atoms with Gasteiger partial charge in [0.2, 0.25) is 0 Å². The zero-order valence-corrected chi connectivity index (χ0v) is 18.0. The molecule has 3 rings (SSSR count). The molecule has 0 aliphatic carbocycles. The van der Waals surface area contributed by atoms with Gasteiger partial charge in [-0.25, -0.2) is 4.79 Å². The largest absolute Gasteiger partial charge is 0.461 e. The van der Waals surface area contributed by atoms with Crippen LogP contribution in [-0.2, 0) is 4.74 Å². The van der Waals surface area contributed by atoms with Crippen LogP contribution >= 0.6 is 22.6 Å². The van der Waals surface area contributed by atoms with Crippen LogP contribution in [-0.4, -0.2) is 28.3 Å². The van der Waals surface area contributed by atoms with Crippen molar-refractivity contribution >= 4 is 40.2 Å². The lowest BCUT2D eigenvalue weighted by Crippen LogP contribution is -2.27. The number of aryl methyl sites for hydroxylation is 1. The highest BCUT2D eigenvalue weighted by molar-refractivity contribution is 14.1. The highest BCUT2D eigenvalue weighted by Gasteiger charge is 2.20. The van der Waals surface area contributed by atoms with Gasteiger partial charge in [0.25, 0.3) is 11.5 Å². The smallest absolute Gasteiger partial charge is 0.360 e. The Morgan fingerprint density at radius 1 is 1.10 bits per heavy atom. The molecule has 1 aromatic heterocycles. The van der Waals surface area contributed by atoms with Crippen LogP contribution in [0.15, 0.2) is 59.4 Å². The van der Waals surface area contributed by atoms with Crippen molar-refractivity contribution in [1.82, 2.24) is 9.78 Å². The molecule has 1 N–H and O–H groups in total. The van der Waals surface area contributed by atoms with Crippen LogP contribution in [0.2, 0.25) is 0 Å². The van der Waals surface area contributed by atoms with Crippen molar-refractivity contribution in [2.45, 2.75) is 13.8 Å². The van der Waals surface area contributed by atoms with Crippen molar-refractivity contribution in [1.29, 1.82) is 0 Å². The number of carbonyl (C=O) groups excluding carboxylic acids is 2. The molecular weight excluding hydrogens is 485 g/mol. The second-order valence-electron chi connectivity index (χ2n) is 6.17. The zero-order valence-electron chi connectivity index (χ0n) is 15.8. The first-order valence-electron chi connectivity index (χ1n) is 8.84. The minimum Gasteiger partial charge on any atom is -0.461 e. The number of nitrogens with zero attached hydrogens (tertiary/aromatic N) is 2. The number of halogens is 1. The summed E-state index contributed by atoms with van der Waals surface area (Å²) in [6.45, 7) is 3.72. The Bertz CT molecular complexity index is 1110. The molecule has 29 heavy (non-hydrogen) atoms. The topological polar surface area (TPSA) is 90.3 Å². The number of hydrogen-bond donors (Lipinski definition) is 1. The van der Waals surface area contributed by atoms with Crippen LogP contribution < -0.4 is 10.9 Å². The maximum absolute atomic E-state index is 12.6. The first kappa shape index (κ1) is 20.7. The number of rotatable bonds is 5. The van der Waals surface area contributed by atoms with E-state index in [0.717, 1.165) is 13.8 Å². The van der Waals surface area contributed by atoms with Gasteiger partial charge in [-0.05, 0) is 72.8 Å². The first-order chi connectivity index (χ1) is 13.9. The summed E-state index contributed by atoms with van der Waals surface area (Å²) in [4.78, 5) is 37.6. The number of amides is 1. The van der Waals surface area contributed by atoms with Gasteiger partial charge in [0.05, 0.1) is 18.0 Å². The van der Waals surface area contributed by atoms with Gasteiger partial charge in [-0.1, -0.05) is 17.7 Å². The average molecular weight is 503 g/mol. The lowest BCUT2D eigenvalue weighted by atomic mass is 10.2. The Hall–Kier alpha value is -3.01. The summed E-state index contributed by atoms with van der Waals surface area (Å²) in [5, 5.41) is 6.76. The van der Waals surface area contributed by atoms with Crippen LogP contribution in [0.4, 0.5) is 5.69 Å².